The molecule has 9 heteroatoms. The maximum absolute atomic E-state index is 12.3. The highest BCUT2D eigenvalue weighted by Crippen LogP contribution is 2.14. The van der Waals surface area contributed by atoms with Gasteiger partial charge < -0.3 is 9.84 Å². The number of aromatic nitrogens is 6. The van der Waals surface area contributed by atoms with Gasteiger partial charge >= 0.3 is 0 Å². The van der Waals surface area contributed by atoms with E-state index in [1.54, 1.807) is 4.68 Å². The van der Waals surface area contributed by atoms with Crippen molar-refractivity contribution in [1.29, 1.82) is 0 Å². The number of hydrogen-bond acceptors (Lipinski definition) is 7. The molecule has 1 aromatic carbocycles. The zero-order valence-corrected chi connectivity index (χ0v) is 15.0. The first-order chi connectivity index (χ1) is 13.1. The lowest BCUT2D eigenvalue weighted by atomic mass is 10.2. The van der Waals surface area contributed by atoms with Crippen LogP contribution in [0.3, 0.4) is 0 Å². The summed E-state index contributed by atoms with van der Waals surface area (Å²) >= 11 is 0. The molecule has 138 valence electrons. The molecule has 0 radical (unpaired) electrons. The van der Waals surface area contributed by atoms with Crippen LogP contribution in [0.15, 0.2) is 45.8 Å². The van der Waals surface area contributed by atoms with Gasteiger partial charge in [0.2, 0.25) is 11.8 Å². The van der Waals surface area contributed by atoms with Crippen LogP contribution in [-0.4, -0.2) is 36.4 Å². The van der Waals surface area contributed by atoms with Gasteiger partial charge in [-0.2, -0.15) is 15.1 Å². The zero-order chi connectivity index (χ0) is 18.8. The highest BCUT2D eigenvalue weighted by Gasteiger charge is 2.12. The zero-order valence-electron chi connectivity index (χ0n) is 15.0. The van der Waals surface area contributed by atoms with Crippen LogP contribution in [0.1, 0.15) is 31.5 Å². The normalized spacial score (nSPS) is 11.4. The fraction of sp³-hybridized carbons (Fsp3) is 0.278. The van der Waals surface area contributed by atoms with Gasteiger partial charge in [-0.05, 0) is 12.1 Å². The summed E-state index contributed by atoms with van der Waals surface area (Å²) in [7, 11) is 0. The lowest BCUT2D eigenvalue weighted by molar-refractivity contribution is 0.373. The molecule has 0 saturated heterocycles. The third-order valence-electron chi connectivity index (χ3n) is 4.07. The number of fused-ring (bicyclic) bond motifs is 1. The van der Waals surface area contributed by atoms with Crippen LogP contribution in [0, 0.1) is 0 Å². The largest absolute Gasteiger partial charge is 0.355 e. The summed E-state index contributed by atoms with van der Waals surface area (Å²) in [6.07, 6.45) is 2.04. The molecular weight excluding hydrogens is 346 g/mol. The van der Waals surface area contributed by atoms with Gasteiger partial charge in [-0.3, -0.25) is 9.78 Å². The first-order valence-corrected chi connectivity index (χ1v) is 8.71. The molecule has 0 aliphatic carbocycles. The van der Waals surface area contributed by atoms with Crippen LogP contribution in [0.4, 0.5) is 5.95 Å². The molecule has 9 nitrogen and oxygen atoms in total. The minimum absolute atomic E-state index is 0.217. The maximum Gasteiger partial charge on any atom is 0.263 e. The third kappa shape index (κ3) is 3.43. The third-order valence-corrected chi connectivity index (χ3v) is 4.07. The Morgan fingerprint density at radius 3 is 2.78 bits per heavy atom. The van der Waals surface area contributed by atoms with Gasteiger partial charge in [0.25, 0.3) is 5.56 Å². The Kier molecular flexibility index (Phi) is 4.41. The molecule has 4 aromatic rings. The van der Waals surface area contributed by atoms with E-state index in [1.807, 2.05) is 44.2 Å². The number of benzene rings is 1. The first kappa shape index (κ1) is 17.0. The highest BCUT2D eigenvalue weighted by molar-refractivity contribution is 5.76. The molecule has 0 atom stereocenters. The predicted octanol–water partition coefficient (Wildman–Crippen LogP) is 2.27. The Morgan fingerprint density at radius 1 is 1.22 bits per heavy atom. The van der Waals surface area contributed by atoms with Crippen molar-refractivity contribution in [2.45, 2.75) is 26.2 Å². The Labute approximate surface area is 154 Å². The molecule has 0 saturated carbocycles. The Bertz CT molecular complexity index is 1110. The van der Waals surface area contributed by atoms with Gasteiger partial charge in [0.15, 0.2) is 11.5 Å². The predicted molar refractivity (Wildman–Crippen MR) is 100 cm³/mol. The average Bonchev–Trinajstić information content (AvgIpc) is 3.30. The van der Waals surface area contributed by atoms with Crippen molar-refractivity contribution >= 4 is 17.0 Å². The number of hydrogen-bond donors (Lipinski definition) is 2. The topological polar surface area (TPSA) is 115 Å². The molecule has 0 spiro atoms. The van der Waals surface area contributed by atoms with E-state index in [-0.39, 0.29) is 11.5 Å². The van der Waals surface area contributed by atoms with E-state index in [0.29, 0.717) is 41.7 Å². The lowest BCUT2D eigenvalue weighted by Gasteiger charge is -2.05. The average molecular weight is 365 g/mol. The van der Waals surface area contributed by atoms with Crippen LogP contribution in [0.5, 0.6) is 0 Å². The Morgan fingerprint density at radius 2 is 2.04 bits per heavy atom. The van der Waals surface area contributed by atoms with Gasteiger partial charge in [0, 0.05) is 18.9 Å². The van der Waals surface area contributed by atoms with Crippen LogP contribution in [0.25, 0.3) is 16.7 Å². The summed E-state index contributed by atoms with van der Waals surface area (Å²) in [6.45, 7) is 4.51. The number of rotatable bonds is 6. The fourth-order valence-electron chi connectivity index (χ4n) is 2.65. The van der Waals surface area contributed by atoms with E-state index in [0.717, 1.165) is 5.69 Å². The molecule has 3 aromatic heterocycles. The number of aromatic amines is 1. The second-order valence-electron chi connectivity index (χ2n) is 6.42. The summed E-state index contributed by atoms with van der Waals surface area (Å²) < 4.78 is 6.86. The monoisotopic (exact) mass is 365 g/mol. The molecule has 4 rings (SSSR count). The summed E-state index contributed by atoms with van der Waals surface area (Å²) in [6, 6.07) is 9.55. The van der Waals surface area contributed by atoms with Gasteiger partial charge in [-0.25, -0.2) is 4.68 Å². The van der Waals surface area contributed by atoms with E-state index in [1.165, 1.54) is 6.20 Å². The molecule has 0 bridgehead atoms. The first-order valence-electron chi connectivity index (χ1n) is 8.71. The number of para-hydroxylation sites is 1. The second kappa shape index (κ2) is 7.02. The van der Waals surface area contributed by atoms with E-state index in [9.17, 15) is 4.79 Å². The van der Waals surface area contributed by atoms with E-state index in [2.05, 4.69) is 30.5 Å². The van der Waals surface area contributed by atoms with Crippen molar-refractivity contribution in [3.8, 4) is 5.69 Å². The summed E-state index contributed by atoms with van der Waals surface area (Å²) in [5, 5.41) is 11.8. The molecular formula is C18H19N7O2. The van der Waals surface area contributed by atoms with Crippen LogP contribution in [0.2, 0.25) is 0 Å². The summed E-state index contributed by atoms with van der Waals surface area (Å²) in [5.41, 5.74) is 1.08. The van der Waals surface area contributed by atoms with Crippen molar-refractivity contribution in [3.05, 3.63) is 58.6 Å². The second-order valence-corrected chi connectivity index (χ2v) is 6.42. The molecule has 2 N–H and O–H groups in total. The quantitative estimate of drug-likeness (QED) is 0.538. The van der Waals surface area contributed by atoms with E-state index < -0.39 is 0 Å². The lowest BCUT2D eigenvalue weighted by Crippen LogP contribution is -2.15. The number of nitrogens with zero attached hydrogens (tertiary/aromatic N) is 5. The molecule has 3 heterocycles. The van der Waals surface area contributed by atoms with Crippen LogP contribution >= 0.6 is 0 Å². The van der Waals surface area contributed by atoms with Gasteiger partial charge in [0.1, 0.15) is 5.39 Å². The minimum atomic E-state index is -0.246. The minimum Gasteiger partial charge on any atom is -0.355 e. The smallest absolute Gasteiger partial charge is 0.263 e. The van der Waals surface area contributed by atoms with Crippen molar-refractivity contribution in [3.63, 3.8) is 0 Å². The number of H-pyrrole nitrogens is 1. The molecule has 0 amide bonds. The molecule has 0 aliphatic rings. The van der Waals surface area contributed by atoms with Crippen molar-refractivity contribution in [1.82, 2.24) is 29.9 Å². The molecule has 0 aliphatic heterocycles. The maximum atomic E-state index is 12.3. The van der Waals surface area contributed by atoms with Crippen molar-refractivity contribution in [2.75, 3.05) is 11.9 Å². The number of anilines is 1. The molecule has 0 fully saturated rings. The Balaban J connectivity index is 1.54. The standard InChI is InChI=1S/C18H19N7O2/c1-11(2)15-21-14(27-24-15)8-9-19-18-22-16-13(17(26)23-18)10-20-25(16)12-6-4-3-5-7-12/h3-7,10-11H,8-9H2,1-2H3,(H2,19,22,23,26). The van der Waals surface area contributed by atoms with Gasteiger partial charge in [-0.1, -0.05) is 37.2 Å². The fourth-order valence-corrected chi connectivity index (χ4v) is 2.65. The van der Waals surface area contributed by atoms with E-state index in [4.69, 9.17) is 4.52 Å². The van der Waals surface area contributed by atoms with Crippen LogP contribution < -0.4 is 10.9 Å². The number of nitrogens with one attached hydrogen (secondary N) is 2. The van der Waals surface area contributed by atoms with Crippen molar-refractivity contribution < 1.29 is 4.52 Å². The Hall–Kier alpha value is -3.49. The van der Waals surface area contributed by atoms with Gasteiger partial charge in [0.05, 0.1) is 11.9 Å². The van der Waals surface area contributed by atoms with Gasteiger partial charge in [-0.15, -0.1) is 0 Å². The molecule has 27 heavy (non-hydrogen) atoms. The SMILES string of the molecule is CC(C)c1noc(CCNc2nc3c(cnn3-c3ccccc3)c(=O)[nH]2)n1. The highest BCUT2D eigenvalue weighted by atomic mass is 16.5. The summed E-state index contributed by atoms with van der Waals surface area (Å²) in [5.74, 6) is 1.82. The van der Waals surface area contributed by atoms with E-state index >= 15 is 0 Å². The molecule has 0 unspecified atom stereocenters. The van der Waals surface area contributed by atoms with Crippen molar-refractivity contribution in [2.24, 2.45) is 0 Å². The summed E-state index contributed by atoms with van der Waals surface area (Å²) in [4.78, 5) is 23.9. The van der Waals surface area contributed by atoms with Crippen LogP contribution in [-0.2, 0) is 6.42 Å².